The van der Waals surface area contributed by atoms with Crippen molar-refractivity contribution in [2.24, 2.45) is 7.05 Å². The first-order valence-corrected chi connectivity index (χ1v) is 7.44. The second-order valence-electron chi connectivity index (χ2n) is 5.46. The Hall–Kier alpha value is -2.44. The van der Waals surface area contributed by atoms with Crippen LogP contribution in [-0.4, -0.2) is 37.3 Å². The molecular formula is C15H19N5O2. The maximum absolute atomic E-state index is 12.1. The minimum Gasteiger partial charge on any atom is -0.334 e. The van der Waals surface area contributed by atoms with Gasteiger partial charge in [-0.3, -0.25) is 9.48 Å². The summed E-state index contributed by atoms with van der Waals surface area (Å²) in [7, 11) is 1.83. The van der Waals surface area contributed by atoms with Crippen LogP contribution in [0.15, 0.2) is 29.6 Å². The van der Waals surface area contributed by atoms with Gasteiger partial charge in [0, 0.05) is 19.8 Å². The van der Waals surface area contributed by atoms with Crippen molar-refractivity contribution in [2.45, 2.75) is 31.7 Å². The predicted molar refractivity (Wildman–Crippen MR) is 79.6 cm³/mol. The molecule has 2 aromatic heterocycles. The van der Waals surface area contributed by atoms with Gasteiger partial charge in [-0.1, -0.05) is 24.6 Å². The van der Waals surface area contributed by atoms with E-state index in [0.29, 0.717) is 18.3 Å². The fourth-order valence-electron chi connectivity index (χ4n) is 2.78. The number of nitrogens with zero attached hydrogens (tertiary/aromatic N) is 5. The molecule has 1 fully saturated rings. The highest BCUT2D eigenvalue weighted by atomic mass is 16.5. The second kappa shape index (κ2) is 6.13. The molecule has 0 N–H and O–H groups in total. The zero-order valence-electron chi connectivity index (χ0n) is 12.6. The molecule has 7 nitrogen and oxygen atoms in total. The monoisotopic (exact) mass is 301 g/mol. The standard InChI is InChI=1S/C15H19N5O2/c1-3-13(21)20-8-6-4-5-7-12(20)14-17-15(22-18-14)11-9-16-19(2)10-11/h3,9-10,12H,1,4-8H2,2H3/t12-/m1/s1. The maximum Gasteiger partial charge on any atom is 0.261 e. The molecule has 1 aliphatic rings. The van der Waals surface area contributed by atoms with E-state index in [0.717, 1.165) is 31.2 Å². The van der Waals surface area contributed by atoms with Crippen LogP contribution < -0.4 is 0 Å². The Morgan fingerprint density at radius 1 is 1.45 bits per heavy atom. The molecule has 22 heavy (non-hydrogen) atoms. The molecule has 0 radical (unpaired) electrons. The zero-order valence-corrected chi connectivity index (χ0v) is 12.6. The van der Waals surface area contributed by atoms with Crippen LogP contribution >= 0.6 is 0 Å². The average molecular weight is 301 g/mol. The molecule has 3 heterocycles. The molecule has 116 valence electrons. The van der Waals surface area contributed by atoms with Gasteiger partial charge in [-0.2, -0.15) is 10.1 Å². The third-order valence-electron chi connectivity index (χ3n) is 3.90. The van der Waals surface area contributed by atoms with Gasteiger partial charge in [0.2, 0.25) is 5.91 Å². The van der Waals surface area contributed by atoms with E-state index in [1.165, 1.54) is 6.08 Å². The molecule has 0 bridgehead atoms. The molecule has 1 amide bonds. The number of likely N-dealkylation sites (tertiary alicyclic amines) is 1. The minimum absolute atomic E-state index is 0.0837. The largest absolute Gasteiger partial charge is 0.334 e. The molecule has 1 atom stereocenters. The van der Waals surface area contributed by atoms with Crippen LogP contribution in [0.4, 0.5) is 0 Å². The number of carbonyl (C=O) groups is 1. The lowest BCUT2D eigenvalue weighted by molar-refractivity contribution is -0.128. The quantitative estimate of drug-likeness (QED) is 0.811. The first-order chi connectivity index (χ1) is 10.7. The molecule has 0 unspecified atom stereocenters. The Labute approximate surface area is 128 Å². The van der Waals surface area contributed by atoms with Crippen LogP contribution in [0.2, 0.25) is 0 Å². The number of rotatable bonds is 3. The molecule has 0 saturated carbocycles. The molecule has 2 aromatic rings. The summed E-state index contributed by atoms with van der Waals surface area (Å²) in [5.74, 6) is 0.897. The normalized spacial score (nSPS) is 19.0. The Bertz CT molecular complexity index is 675. The fraction of sp³-hybridized carbons (Fsp3) is 0.467. The summed E-state index contributed by atoms with van der Waals surface area (Å²) in [6.07, 6.45) is 8.82. The zero-order chi connectivity index (χ0) is 15.5. The number of hydrogen-bond donors (Lipinski definition) is 0. The van der Waals surface area contributed by atoms with E-state index in [9.17, 15) is 4.79 Å². The van der Waals surface area contributed by atoms with Crippen LogP contribution in [0.25, 0.3) is 11.5 Å². The number of amides is 1. The smallest absolute Gasteiger partial charge is 0.261 e. The van der Waals surface area contributed by atoms with Crippen LogP contribution in [0.5, 0.6) is 0 Å². The molecule has 0 aliphatic carbocycles. The predicted octanol–water partition coefficient (Wildman–Crippen LogP) is 2.10. The van der Waals surface area contributed by atoms with E-state index >= 15 is 0 Å². The van der Waals surface area contributed by atoms with Crippen molar-refractivity contribution in [3.8, 4) is 11.5 Å². The van der Waals surface area contributed by atoms with Gasteiger partial charge in [-0.15, -0.1) is 0 Å². The third-order valence-corrected chi connectivity index (χ3v) is 3.90. The maximum atomic E-state index is 12.1. The molecular weight excluding hydrogens is 282 g/mol. The Morgan fingerprint density at radius 3 is 3.05 bits per heavy atom. The van der Waals surface area contributed by atoms with Crippen molar-refractivity contribution in [1.29, 1.82) is 0 Å². The van der Waals surface area contributed by atoms with Crippen molar-refractivity contribution in [3.63, 3.8) is 0 Å². The van der Waals surface area contributed by atoms with Crippen molar-refractivity contribution in [3.05, 3.63) is 30.9 Å². The average Bonchev–Trinajstić information content (AvgIpc) is 3.10. The molecule has 0 aromatic carbocycles. The molecule has 7 heteroatoms. The summed E-state index contributed by atoms with van der Waals surface area (Å²) in [6.45, 7) is 4.28. The fourth-order valence-corrected chi connectivity index (χ4v) is 2.78. The Balaban J connectivity index is 1.88. The summed E-state index contributed by atoms with van der Waals surface area (Å²) < 4.78 is 7.02. The van der Waals surface area contributed by atoms with Crippen LogP contribution in [0.1, 0.15) is 37.5 Å². The van der Waals surface area contributed by atoms with E-state index < -0.39 is 0 Å². The summed E-state index contributed by atoms with van der Waals surface area (Å²) in [6, 6.07) is -0.151. The number of aromatic nitrogens is 4. The highest BCUT2D eigenvalue weighted by Crippen LogP contribution is 2.30. The van der Waals surface area contributed by atoms with Crippen LogP contribution in [0, 0.1) is 0 Å². The van der Waals surface area contributed by atoms with E-state index in [1.54, 1.807) is 15.8 Å². The van der Waals surface area contributed by atoms with Crippen LogP contribution in [-0.2, 0) is 11.8 Å². The van der Waals surface area contributed by atoms with Gasteiger partial charge < -0.3 is 9.42 Å². The van der Waals surface area contributed by atoms with Gasteiger partial charge in [0.15, 0.2) is 5.82 Å². The summed E-state index contributed by atoms with van der Waals surface area (Å²) in [5.41, 5.74) is 0.775. The molecule has 1 saturated heterocycles. The Morgan fingerprint density at radius 2 is 2.32 bits per heavy atom. The molecule has 0 spiro atoms. The summed E-state index contributed by atoms with van der Waals surface area (Å²) in [4.78, 5) is 18.3. The third kappa shape index (κ3) is 2.79. The first-order valence-electron chi connectivity index (χ1n) is 7.44. The highest BCUT2D eigenvalue weighted by molar-refractivity contribution is 5.87. The highest BCUT2D eigenvalue weighted by Gasteiger charge is 2.29. The van der Waals surface area contributed by atoms with Gasteiger partial charge in [0.05, 0.1) is 17.8 Å². The lowest BCUT2D eigenvalue weighted by Crippen LogP contribution is -2.34. The van der Waals surface area contributed by atoms with Gasteiger partial charge >= 0.3 is 0 Å². The first kappa shape index (κ1) is 14.5. The van der Waals surface area contributed by atoms with Crippen molar-refractivity contribution in [1.82, 2.24) is 24.8 Å². The van der Waals surface area contributed by atoms with Gasteiger partial charge in [0.25, 0.3) is 5.89 Å². The topological polar surface area (TPSA) is 77.0 Å². The van der Waals surface area contributed by atoms with E-state index in [4.69, 9.17) is 4.52 Å². The van der Waals surface area contributed by atoms with E-state index in [-0.39, 0.29) is 11.9 Å². The number of aryl methyl sites for hydroxylation is 1. The minimum atomic E-state index is -0.151. The Kier molecular flexibility index (Phi) is 4.04. The summed E-state index contributed by atoms with van der Waals surface area (Å²) >= 11 is 0. The van der Waals surface area contributed by atoms with Crippen LogP contribution in [0.3, 0.4) is 0 Å². The van der Waals surface area contributed by atoms with Gasteiger partial charge in [-0.05, 0) is 18.9 Å². The second-order valence-corrected chi connectivity index (χ2v) is 5.46. The van der Waals surface area contributed by atoms with Gasteiger partial charge in [0.1, 0.15) is 0 Å². The lowest BCUT2D eigenvalue weighted by atomic mass is 10.1. The van der Waals surface area contributed by atoms with Crippen molar-refractivity contribution < 1.29 is 9.32 Å². The van der Waals surface area contributed by atoms with E-state index in [2.05, 4.69) is 21.8 Å². The number of hydrogen-bond acceptors (Lipinski definition) is 5. The number of carbonyl (C=O) groups excluding carboxylic acids is 1. The molecule has 1 aliphatic heterocycles. The van der Waals surface area contributed by atoms with Crippen molar-refractivity contribution in [2.75, 3.05) is 6.54 Å². The lowest BCUT2D eigenvalue weighted by Gasteiger charge is -2.26. The summed E-state index contributed by atoms with van der Waals surface area (Å²) in [5, 5.41) is 8.18. The van der Waals surface area contributed by atoms with E-state index in [1.807, 2.05) is 13.2 Å². The van der Waals surface area contributed by atoms with Gasteiger partial charge in [-0.25, -0.2) is 0 Å². The molecule has 3 rings (SSSR count). The SMILES string of the molecule is C=CC(=O)N1CCCCC[C@@H]1c1noc(-c2cnn(C)c2)n1. The van der Waals surface area contributed by atoms with Crippen molar-refractivity contribution >= 4 is 5.91 Å².